The summed E-state index contributed by atoms with van der Waals surface area (Å²) >= 11 is 0. The van der Waals surface area contributed by atoms with E-state index in [2.05, 4.69) is 0 Å². The average Bonchev–Trinajstić information content (AvgIpc) is 2.13. The number of allylic oxidation sites excluding steroid dienone is 1. The lowest BCUT2D eigenvalue weighted by molar-refractivity contribution is -0.131. The monoisotopic (exact) mass is 226 g/mol. The lowest BCUT2D eigenvalue weighted by atomic mass is 9.65. The van der Waals surface area contributed by atoms with Crippen LogP contribution >= 0.6 is 0 Å². The molecule has 1 rings (SSSR count). The van der Waals surface area contributed by atoms with Crippen LogP contribution in [0.2, 0.25) is 0 Å². The highest BCUT2D eigenvalue weighted by Gasteiger charge is 2.43. The Hall–Kier alpha value is -0.670. The summed E-state index contributed by atoms with van der Waals surface area (Å²) in [6, 6.07) is 0. The molecule has 0 saturated carbocycles. The molecule has 0 radical (unpaired) electrons. The van der Waals surface area contributed by atoms with Gasteiger partial charge in [-0.2, -0.15) is 0 Å². The second-order valence-electron chi connectivity index (χ2n) is 5.49. The van der Waals surface area contributed by atoms with Crippen molar-refractivity contribution >= 4 is 5.78 Å². The molecule has 0 aromatic carbocycles. The van der Waals surface area contributed by atoms with Crippen LogP contribution in [-0.2, 0) is 4.79 Å². The molecular formula is C13H22O3. The second kappa shape index (κ2) is 4.68. The minimum Gasteiger partial charge on any atom is -0.393 e. The first-order valence-corrected chi connectivity index (χ1v) is 5.85. The minimum absolute atomic E-state index is 0.162. The van der Waals surface area contributed by atoms with Crippen molar-refractivity contribution < 1.29 is 15.0 Å². The number of aliphatic hydroxyl groups excluding tert-OH is 2. The molecule has 0 aromatic rings. The molecule has 0 unspecified atom stereocenters. The summed E-state index contributed by atoms with van der Waals surface area (Å²) in [4.78, 5) is 11.5. The molecule has 92 valence electrons. The lowest BCUT2D eigenvalue weighted by Crippen LogP contribution is -2.45. The van der Waals surface area contributed by atoms with Crippen LogP contribution in [0, 0.1) is 11.3 Å². The van der Waals surface area contributed by atoms with Crippen LogP contribution in [0.1, 0.15) is 40.5 Å². The summed E-state index contributed by atoms with van der Waals surface area (Å²) in [7, 11) is 0. The summed E-state index contributed by atoms with van der Waals surface area (Å²) in [5.41, 5.74) is 0.575. The van der Waals surface area contributed by atoms with Crippen molar-refractivity contribution in [3.63, 3.8) is 0 Å². The Labute approximate surface area is 97.2 Å². The number of carbonyl (C=O) groups excluding carboxylic acids is 1. The van der Waals surface area contributed by atoms with Crippen molar-refractivity contribution in [3.05, 3.63) is 11.6 Å². The Morgan fingerprint density at radius 1 is 1.50 bits per heavy atom. The summed E-state index contributed by atoms with van der Waals surface area (Å²) in [5.74, 6) is -0.0365. The zero-order valence-corrected chi connectivity index (χ0v) is 10.5. The van der Waals surface area contributed by atoms with Crippen molar-refractivity contribution in [2.45, 2.75) is 52.7 Å². The lowest BCUT2D eigenvalue weighted by Gasteiger charge is -2.41. The number of ketones is 1. The van der Waals surface area contributed by atoms with Gasteiger partial charge in [0, 0.05) is 5.41 Å². The fourth-order valence-corrected chi connectivity index (χ4v) is 2.56. The van der Waals surface area contributed by atoms with E-state index >= 15 is 0 Å². The molecule has 0 saturated heterocycles. The standard InChI is InChI=1S/C13H22O3/c1-8-7-11(15)12(16)13(3,4)10(8)6-5-9(2)14/h7,9-10,12,14,16H,5-6H2,1-4H3/t9-,10+,12+/m1/s1. The molecule has 0 aliphatic heterocycles. The van der Waals surface area contributed by atoms with Crippen molar-refractivity contribution in [2.24, 2.45) is 11.3 Å². The van der Waals surface area contributed by atoms with Gasteiger partial charge in [-0.15, -0.1) is 0 Å². The maximum atomic E-state index is 11.5. The highest BCUT2D eigenvalue weighted by atomic mass is 16.3. The van der Waals surface area contributed by atoms with Gasteiger partial charge in [0.2, 0.25) is 0 Å². The normalized spacial score (nSPS) is 31.1. The first-order valence-electron chi connectivity index (χ1n) is 5.85. The first kappa shape index (κ1) is 13.4. The van der Waals surface area contributed by atoms with Crippen LogP contribution in [0.15, 0.2) is 11.6 Å². The molecule has 3 atom stereocenters. The van der Waals surface area contributed by atoms with Crippen LogP contribution in [0.25, 0.3) is 0 Å². The largest absolute Gasteiger partial charge is 0.393 e. The third kappa shape index (κ3) is 2.53. The van der Waals surface area contributed by atoms with Gasteiger partial charge in [0.25, 0.3) is 0 Å². The van der Waals surface area contributed by atoms with Gasteiger partial charge in [-0.1, -0.05) is 19.4 Å². The molecule has 1 aliphatic rings. The average molecular weight is 226 g/mol. The van der Waals surface area contributed by atoms with Gasteiger partial charge in [-0.05, 0) is 38.7 Å². The first-order chi connectivity index (χ1) is 7.26. The van der Waals surface area contributed by atoms with E-state index in [9.17, 15) is 15.0 Å². The summed E-state index contributed by atoms with van der Waals surface area (Å²) in [6.45, 7) is 7.52. The molecule has 16 heavy (non-hydrogen) atoms. The summed E-state index contributed by atoms with van der Waals surface area (Å²) in [6.07, 6.45) is 1.79. The number of hydrogen-bond acceptors (Lipinski definition) is 3. The van der Waals surface area contributed by atoms with Crippen LogP contribution in [0.5, 0.6) is 0 Å². The molecule has 0 fully saturated rings. The number of carbonyl (C=O) groups is 1. The van der Waals surface area contributed by atoms with Gasteiger partial charge < -0.3 is 10.2 Å². The molecule has 0 heterocycles. The zero-order chi connectivity index (χ0) is 12.5. The van der Waals surface area contributed by atoms with Crippen molar-refractivity contribution in [1.82, 2.24) is 0 Å². The fraction of sp³-hybridized carbons (Fsp3) is 0.769. The Bertz CT molecular complexity index is 302. The van der Waals surface area contributed by atoms with Gasteiger partial charge in [-0.3, -0.25) is 4.79 Å². The van der Waals surface area contributed by atoms with E-state index in [1.807, 2.05) is 20.8 Å². The van der Waals surface area contributed by atoms with Gasteiger partial charge in [0.1, 0.15) is 6.10 Å². The Balaban J connectivity index is 2.88. The van der Waals surface area contributed by atoms with Crippen LogP contribution < -0.4 is 0 Å². The zero-order valence-electron chi connectivity index (χ0n) is 10.5. The molecule has 0 aromatic heterocycles. The maximum Gasteiger partial charge on any atom is 0.184 e. The molecular weight excluding hydrogens is 204 g/mol. The van der Waals surface area contributed by atoms with Crippen molar-refractivity contribution in [2.75, 3.05) is 0 Å². The quantitative estimate of drug-likeness (QED) is 0.769. The van der Waals surface area contributed by atoms with E-state index < -0.39 is 11.5 Å². The highest BCUT2D eigenvalue weighted by Crippen LogP contribution is 2.42. The van der Waals surface area contributed by atoms with E-state index in [1.165, 1.54) is 0 Å². The van der Waals surface area contributed by atoms with Gasteiger partial charge >= 0.3 is 0 Å². The van der Waals surface area contributed by atoms with Crippen molar-refractivity contribution in [1.29, 1.82) is 0 Å². The molecule has 0 amide bonds. The minimum atomic E-state index is -0.921. The third-order valence-electron chi connectivity index (χ3n) is 3.67. The van der Waals surface area contributed by atoms with E-state index in [-0.39, 0.29) is 17.8 Å². The fourth-order valence-electron chi connectivity index (χ4n) is 2.56. The van der Waals surface area contributed by atoms with E-state index in [0.717, 1.165) is 12.0 Å². The predicted molar refractivity (Wildman–Crippen MR) is 63.0 cm³/mol. The highest BCUT2D eigenvalue weighted by molar-refractivity contribution is 5.95. The Morgan fingerprint density at radius 3 is 2.56 bits per heavy atom. The molecule has 2 N–H and O–H groups in total. The number of hydrogen-bond donors (Lipinski definition) is 2. The second-order valence-corrected chi connectivity index (χ2v) is 5.49. The predicted octanol–water partition coefficient (Wildman–Crippen LogP) is 1.68. The van der Waals surface area contributed by atoms with Gasteiger partial charge in [-0.25, -0.2) is 0 Å². The van der Waals surface area contributed by atoms with Crippen molar-refractivity contribution in [3.8, 4) is 0 Å². The van der Waals surface area contributed by atoms with E-state index in [1.54, 1.807) is 13.0 Å². The van der Waals surface area contributed by atoms with E-state index in [4.69, 9.17) is 0 Å². The summed E-state index contributed by atoms with van der Waals surface area (Å²) < 4.78 is 0. The van der Waals surface area contributed by atoms with Crippen LogP contribution in [0.4, 0.5) is 0 Å². The molecule has 0 spiro atoms. The maximum absolute atomic E-state index is 11.5. The van der Waals surface area contributed by atoms with Gasteiger partial charge in [0.05, 0.1) is 6.10 Å². The summed E-state index contributed by atoms with van der Waals surface area (Å²) in [5, 5.41) is 19.2. The Kier molecular flexibility index (Phi) is 3.92. The molecule has 3 nitrogen and oxygen atoms in total. The molecule has 0 bridgehead atoms. The SMILES string of the molecule is CC1=CC(=O)[C@H](O)C(C)(C)[C@H]1CC[C@@H](C)O. The topological polar surface area (TPSA) is 57.5 Å². The number of aliphatic hydroxyl groups is 2. The Morgan fingerprint density at radius 2 is 2.06 bits per heavy atom. The van der Waals surface area contributed by atoms with Gasteiger partial charge in [0.15, 0.2) is 5.78 Å². The number of rotatable bonds is 3. The smallest absolute Gasteiger partial charge is 0.184 e. The third-order valence-corrected chi connectivity index (χ3v) is 3.67. The van der Waals surface area contributed by atoms with Crippen LogP contribution in [0.3, 0.4) is 0 Å². The van der Waals surface area contributed by atoms with E-state index in [0.29, 0.717) is 6.42 Å². The molecule has 1 aliphatic carbocycles. The van der Waals surface area contributed by atoms with Crippen LogP contribution in [-0.4, -0.2) is 28.2 Å². The molecule has 3 heteroatoms.